The van der Waals surface area contributed by atoms with Crippen LogP contribution in [-0.4, -0.2) is 51.9 Å². The third-order valence-corrected chi connectivity index (χ3v) is 5.79. The topological polar surface area (TPSA) is 82.9 Å². The minimum absolute atomic E-state index is 0.167. The number of aromatic hydroxyl groups is 1. The molecule has 7 heteroatoms. The van der Waals surface area contributed by atoms with Crippen molar-refractivity contribution in [3.8, 4) is 5.75 Å². The Bertz CT molecular complexity index is 1180. The number of phenolic OH excluding ortho intramolecular Hbond substituents is 1. The molecule has 0 aliphatic carbocycles. The van der Waals surface area contributed by atoms with Crippen LogP contribution in [0, 0.1) is 0 Å². The highest BCUT2D eigenvalue weighted by Gasteiger charge is 2.24. The fourth-order valence-corrected chi connectivity index (χ4v) is 4.14. The van der Waals surface area contributed by atoms with Crippen molar-refractivity contribution in [1.82, 2.24) is 14.8 Å². The second kappa shape index (κ2) is 8.37. The fourth-order valence-electron chi connectivity index (χ4n) is 4.14. The highest BCUT2D eigenvalue weighted by molar-refractivity contribution is 6.15. The minimum atomic E-state index is -0.253. The lowest BCUT2D eigenvalue weighted by atomic mass is 10.0. The van der Waals surface area contributed by atoms with E-state index in [2.05, 4.69) is 20.9 Å². The van der Waals surface area contributed by atoms with Crippen LogP contribution in [0.4, 0.5) is 0 Å². The number of hydrogen-bond acceptors (Lipinski definition) is 7. The van der Waals surface area contributed by atoms with Crippen molar-refractivity contribution in [2.75, 3.05) is 26.2 Å². The van der Waals surface area contributed by atoms with E-state index < -0.39 is 0 Å². The van der Waals surface area contributed by atoms with Crippen molar-refractivity contribution in [2.45, 2.75) is 13.1 Å². The standard InChI is InChI=1S/C24H23N3O4/c28-20-5-6-21-23(19(16-31-21)24(29)22-4-2-12-30-22)18(20)15-27-10-8-26(9-11-27)14-17-3-1-7-25-13-17/h1-7,12-13,16,28H,8-11,14-15H2. The lowest BCUT2D eigenvalue weighted by Crippen LogP contribution is -2.45. The van der Waals surface area contributed by atoms with Gasteiger partial charge in [0.15, 0.2) is 5.76 Å². The molecule has 1 aliphatic heterocycles. The van der Waals surface area contributed by atoms with Gasteiger partial charge in [-0.3, -0.25) is 19.6 Å². The van der Waals surface area contributed by atoms with Gasteiger partial charge in [0, 0.05) is 62.6 Å². The highest BCUT2D eigenvalue weighted by atomic mass is 16.3. The Labute approximate surface area is 179 Å². The highest BCUT2D eigenvalue weighted by Crippen LogP contribution is 2.33. The second-order valence-electron chi connectivity index (χ2n) is 7.81. The molecule has 1 fully saturated rings. The molecule has 7 nitrogen and oxygen atoms in total. The van der Waals surface area contributed by atoms with Gasteiger partial charge in [0.2, 0.25) is 5.78 Å². The molecule has 1 saturated heterocycles. The van der Waals surface area contributed by atoms with Crippen molar-refractivity contribution in [3.63, 3.8) is 0 Å². The van der Waals surface area contributed by atoms with Crippen LogP contribution in [-0.2, 0) is 13.1 Å². The van der Waals surface area contributed by atoms with Gasteiger partial charge in [0.25, 0.3) is 0 Å². The number of nitrogens with zero attached hydrogens (tertiary/aromatic N) is 3. The summed E-state index contributed by atoms with van der Waals surface area (Å²) in [5.74, 6) is 0.165. The number of piperazine rings is 1. The van der Waals surface area contributed by atoms with E-state index in [4.69, 9.17) is 8.83 Å². The molecule has 0 unspecified atom stereocenters. The van der Waals surface area contributed by atoms with E-state index in [0.29, 0.717) is 28.6 Å². The number of carbonyl (C=O) groups excluding carboxylic acids is 1. The van der Waals surface area contributed by atoms with E-state index in [1.54, 1.807) is 30.5 Å². The Morgan fingerprint density at radius 2 is 1.81 bits per heavy atom. The average Bonchev–Trinajstić information content (AvgIpc) is 3.48. The normalized spacial score (nSPS) is 15.5. The number of pyridine rings is 1. The second-order valence-corrected chi connectivity index (χ2v) is 7.81. The predicted octanol–water partition coefficient (Wildman–Crippen LogP) is 3.68. The number of aromatic nitrogens is 1. The summed E-state index contributed by atoms with van der Waals surface area (Å²) in [4.78, 5) is 21.8. The van der Waals surface area contributed by atoms with Crippen molar-refractivity contribution >= 4 is 16.8 Å². The maximum atomic E-state index is 12.9. The molecule has 3 aromatic heterocycles. The van der Waals surface area contributed by atoms with Crippen molar-refractivity contribution in [1.29, 1.82) is 0 Å². The first-order chi connectivity index (χ1) is 15.2. The largest absolute Gasteiger partial charge is 0.508 e. The maximum Gasteiger partial charge on any atom is 0.232 e. The zero-order valence-corrected chi connectivity index (χ0v) is 17.0. The third-order valence-electron chi connectivity index (χ3n) is 5.79. The quantitative estimate of drug-likeness (QED) is 0.479. The van der Waals surface area contributed by atoms with Crippen LogP contribution in [0.3, 0.4) is 0 Å². The van der Waals surface area contributed by atoms with E-state index in [-0.39, 0.29) is 17.3 Å². The van der Waals surface area contributed by atoms with Crippen molar-refractivity contribution < 1.29 is 18.7 Å². The molecule has 31 heavy (non-hydrogen) atoms. The Hall–Kier alpha value is -3.42. The van der Waals surface area contributed by atoms with Gasteiger partial charge < -0.3 is 13.9 Å². The van der Waals surface area contributed by atoms with E-state index in [1.807, 2.05) is 12.3 Å². The summed E-state index contributed by atoms with van der Waals surface area (Å²) >= 11 is 0. The number of phenols is 1. The molecule has 158 valence electrons. The Morgan fingerprint density at radius 1 is 1.00 bits per heavy atom. The zero-order chi connectivity index (χ0) is 21.2. The van der Waals surface area contributed by atoms with Crippen LogP contribution < -0.4 is 0 Å². The molecule has 5 rings (SSSR count). The Kier molecular flexibility index (Phi) is 5.28. The van der Waals surface area contributed by atoms with E-state index in [9.17, 15) is 9.90 Å². The molecule has 0 saturated carbocycles. The monoisotopic (exact) mass is 417 g/mol. The van der Waals surface area contributed by atoms with Crippen molar-refractivity contribution in [2.24, 2.45) is 0 Å². The predicted molar refractivity (Wildman–Crippen MR) is 115 cm³/mol. The molecule has 1 N–H and O–H groups in total. The molecule has 4 heterocycles. The van der Waals surface area contributed by atoms with E-state index >= 15 is 0 Å². The van der Waals surface area contributed by atoms with Crippen molar-refractivity contribution in [3.05, 3.63) is 83.8 Å². The number of fused-ring (bicyclic) bond motifs is 1. The molecule has 1 aliphatic rings. The third kappa shape index (κ3) is 3.97. The van der Waals surface area contributed by atoms with Gasteiger partial charge in [0.05, 0.1) is 11.8 Å². The minimum Gasteiger partial charge on any atom is -0.508 e. The lowest BCUT2D eigenvalue weighted by Gasteiger charge is -2.34. The molecular formula is C24H23N3O4. The van der Waals surface area contributed by atoms with Crippen LogP contribution in [0.25, 0.3) is 11.0 Å². The first-order valence-corrected chi connectivity index (χ1v) is 10.3. The number of rotatable bonds is 6. The summed E-state index contributed by atoms with van der Waals surface area (Å²) in [5.41, 5.74) is 2.91. The van der Waals surface area contributed by atoms with Crippen LogP contribution in [0.2, 0.25) is 0 Å². The summed E-state index contributed by atoms with van der Waals surface area (Å²) in [7, 11) is 0. The van der Waals surface area contributed by atoms with Gasteiger partial charge in [-0.05, 0) is 35.9 Å². The molecule has 4 aromatic rings. The summed E-state index contributed by atoms with van der Waals surface area (Å²) in [6.07, 6.45) is 6.61. The summed E-state index contributed by atoms with van der Waals surface area (Å²) < 4.78 is 10.9. The molecule has 0 amide bonds. The fraction of sp³-hybridized carbons (Fsp3) is 0.250. The van der Waals surface area contributed by atoms with Crippen LogP contribution >= 0.6 is 0 Å². The van der Waals surface area contributed by atoms with Crippen LogP contribution in [0.5, 0.6) is 5.75 Å². The molecule has 0 radical (unpaired) electrons. The molecule has 0 bridgehead atoms. The summed E-state index contributed by atoms with van der Waals surface area (Å²) in [6, 6.07) is 10.7. The Morgan fingerprint density at radius 3 is 2.52 bits per heavy atom. The number of furan rings is 2. The molecule has 0 spiro atoms. The van der Waals surface area contributed by atoms with Gasteiger partial charge >= 0.3 is 0 Å². The number of carbonyl (C=O) groups is 1. The maximum absolute atomic E-state index is 12.9. The van der Waals surface area contributed by atoms with Gasteiger partial charge in [0.1, 0.15) is 17.6 Å². The summed E-state index contributed by atoms with van der Waals surface area (Å²) in [5, 5.41) is 11.3. The number of benzene rings is 1. The summed E-state index contributed by atoms with van der Waals surface area (Å²) in [6.45, 7) is 5.02. The van der Waals surface area contributed by atoms with Crippen LogP contribution in [0.1, 0.15) is 27.2 Å². The number of ketones is 1. The van der Waals surface area contributed by atoms with Gasteiger partial charge in [-0.1, -0.05) is 6.07 Å². The van der Waals surface area contributed by atoms with Crippen LogP contribution in [0.15, 0.2) is 70.2 Å². The van der Waals surface area contributed by atoms with Gasteiger partial charge in [-0.15, -0.1) is 0 Å². The van der Waals surface area contributed by atoms with Gasteiger partial charge in [-0.25, -0.2) is 0 Å². The molecular weight excluding hydrogens is 394 g/mol. The SMILES string of the molecule is O=C(c1ccco1)c1coc2ccc(O)c(CN3CCN(Cc4cccnc4)CC3)c12. The smallest absolute Gasteiger partial charge is 0.232 e. The first-order valence-electron chi connectivity index (χ1n) is 10.3. The number of hydrogen-bond donors (Lipinski definition) is 1. The molecule has 1 aromatic carbocycles. The van der Waals surface area contributed by atoms with E-state index in [1.165, 1.54) is 18.1 Å². The lowest BCUT2D eigenvalue weighted by molar-refractivity contribution is 0.101. The Balaban J connectivity index is 1.34. The zero-order valence-electron chi connectivity index (χ0n) is 17.0. The first kappa shape index (κ1) is 19.5. The average molecular weight is 417 g/mol. The van der Waals surface area contributed by atoms with E-state index in [0.717, 1.165) is 32.7 Å². The van der Waals surface area contributed by atoms with Gasteiger partial charge in [-0.2, -0.15) is 0 Å². The molecule has 0 atom stereocenters.